The van der Waals surface area contributed by atoms with Crippen LogP contribution in [0.4, 0.5) is 0 Å². The first-order valence-electron chi connectivity index (χ1n) is 9.12. The van der Waals surface area contributed by atoms with E-state index in [1.54, 1.807) is 24.3 Å². The SMILES string of the molecule is C/C(=N\N)C(CN(C)C)C(c1ccccc1)c1c(O)c2ccccc2oc1=O. The molecular weight excluding hydrogens is 354 g/mol. The van der Waals surface area contributed by atoms with Crippen LogP contribution in [0.15, 0.2) is 68.9 Å². The highest BCUT2D eigenvalue weighted by molar-refractivity contribution is 5.88. The smallest absolute Gasteiger partial charge is 0.343 e. The van der Waals surface area contributed by atoms with Crippen molar-refractivity contribution in [1.82, 2.24) is 4.90 Å². The van der Waals surface area contributed by atoms with Gasteiger partial charge in [-0.1, -0.05) is 42.5 Å². The molecule has 146 valence electrons. The van der Waals surface area contributed by atoms with Crippen LogP contribution in [0.5, 0.6) is 5.75 Å². The predicted octanol–water partition coefficient (Wildman–Crippen LogP) is 3.14. The molecule has 2 aromatic carbocycles. The van der Waals surface area contributed by atoms with Crippen LogP contribution in [0.25, 0.3) is 11.0 Å². The van der Waals surface area contributed by atoms with E-state index in [0.717, 1.165) is 5.56 Å². The average Bonchev–Trinajstić information content (AvgIpc) is 2.69. The van der Waals surface area contributed by atoms with Crippen LogP contribution >= 0.6 is 0 Å². The Hall–Kier alpha value is -3.12. The molecule has 0 spiro atoms. The second kappa shape index (κ2) is 8.27. The summed E-state index contributed by atoms with van der Waals surface area (Å²) in [6.07, 6.45) is 0. The molecule has 6 heteroatoms. The summed E-state index contributed by atoms with van der Waals surface area (Å²) in [5.41, 5.74) is 1.59. The van der Waals surface area contributed by atoms with Crippen LogP contribution in [0.2, 0.25) is 0 Å². The Balaban J connectivity index is 2.32. The molecule has 3 aromatic rings. The van der Waals surface area contributed by atoms with Crippen molar-refractivity contribution in [2.45, 2.75) is 12.8 Å². The minimum atomic E-state index is -0.557. The average molecular weight is 379 g/mol. The standard InChI is InChI=1S/C22H25N3O3/c1-14(24-23)17(13-25(2)3)19(15-9-5-4-6-10-15)20-21(26)16-11-7-8-12-18(16)28-22(20)27/h4-12,17,19,26H,13,23H2,1-3H3/b24-14+. The summed E-state index contributed by atoms with van der Waals surface area (Å²) in [7, 11) is 3.89. The Labute approximate surface area is 163 Å². The lowest BCUT2D eigenvalue weighted by Crippen LogP contribution is -2.34. The molecule has 0 saturated heterocycles. The van der Waals surface area contributed by atoms with Gasteiger partial charge in [0.1, 0.15) is 11.3 Å². The van der Waals surface area contributed by atoms with Crippen LogP contribution in [-0.4, -0.2) is 36.4 Å². The third kappa shape index (κ3) is 3.77. The van der Waals surface area contributed by atoms with Gasteiger partial charge >= 0.3 is 5.63 Å². The van der Waals surface area contributed by atoms with E-state index in [1.165, 1.54) is 0 Å². The second-order valence-corrected chi connectivity index (χ2v) is 7.18. The van der Waals surface area contributed by atoms with Crippen LogP contribution in [0.1, 0.15) is 24.0 Å². The summed E-state index contributed by atoms with van der Waals surface area (Å²) >= 11 is 0. The van der Waals surface area contributed by atoms with Crippen molar-refractivity contribution in [1.29, 1.82) is 0 Å². The molecule has 3 rings (SSSR count). The Bertz CT molecular complexity index is 1040. The molecule has 2 atom stereocenters. The van der Waals surface area contributed by atoms with Gasteiger partial charge in [0, 0.05) is 24.1 Å². The van der Waals surface area contributed by atoms with Crippen molar-refractivity contribution >= 4 is 16.7 Å². The summed E-state index contributed by atoms with van der Waals surface area (Å²) < 4.78 is 5.54. The van der Waals surface area contributed by atoms with Gasteiger partial charge in [0.2, 0.25) is 0 Å². The van der Waals surface area contributed by atoms with Gasteiger partial charge in [-0.15, -0.1) is 0 Å². The van der Waals surface area contributed by atoms with Crippen LogP contribution in [0.3, 0.4) is 0 Å². The molecule has 0 radical (unpaired) electrons. The lowest BCUT2D eigenvalue weighted by Gasteiger charge is -2.30. The first-order chi connectivity index (χ1) is 13.4. The number of aromatic hydroxyl groups is 1. The minimum absolute atomic E-state index is 0.0609. The summed E-state index contributed by atoms with van der Waals surface area (Å²) in [5.74, 6) is 4.87. The van der Waals surface area contributed by atoms with Crippen molar-refractivity contribution in [3.63, 3.8) is 0 Å². The predicted molar refractivity (Wildman–Crippen MR) is 112 cm³/mol. The molecule has 28 heavy (non-hydrogen) atoms. The zero-order valence-corrected chi connectivity index (χ0v) is 16.3. The fraction of sp³-hybridized carbons (Fsp3) is 0.273. The molecule has 0 fully saturated rings. The summed E-state index contributed by atoms with van der Waals surface area (Å²) in [5, 5.41) is 15.5. The summed E-state index contributed by atoms with van der Waals surface area (Å²) in [4.78, 5) is 15.0. The van der Waals surface area contributed by atoms with Crippen molar-refractivity contribution < 1.29 is 9.52 Å². The van der Waals surface area contributed by atoms with Gasteiger partial charge in [0.05, 0.1) is 10.9 Å². The van der Waals surface area contributed by atoms with E-state index in [4.69, 9.17) is 10.3 Å². The molecule has 2 unspecified atom stereocenters. The highest BCUT2D eigenvalue weighted by atomic mass is 16.4. The Morgan fingerprint density at radius 1 is 1.14 bits per heavy atom. The first-order valence-corrected chi connectivity index (χ1v) is 9.12. The Morgan fingerprint density at radius 3 is 2.43 bits per heavy atom. The molecule has 0 amide bonds. The number of hydrogen-bond donors (Lipinski definition) is 2. The van der Waals surface area contributed by atoms with Crippen molar-refractivity contribution in [2.75, 3.05) is 20.6 Å². The van der Waals surface area contributed by atoms with E-state index in [1.807, 2.05) is 56.3 Å². The van der Waals surface area contributed by atoms with Gasteiger partial charge in [-0.2, -0.15) is 5.10 Å². The molecule has 6 nitrogen and oxygen atoms in total. The third-order valence-corrected chi connectivity index (χ3v) is 4.99. The molecule has 1 heterocycles. The Kier molecular flexibility index (Phi) is 5.80. The van der Waals surface area contributed by atoms with Gasteiger partial charge in [-0.3, -0.25) is 0 Å². The van der Waals surface area contributed by atoms with E-state index >= 15 is 0 Å². The fourth-order valence-corrected chi connectivity index (χ4v) is 3.65. The monoisotopic (exact) mass is 379 g/mol. The number of fused-ring (bicyclic) bond motifs is 1. The molecule has 0 aliphatic heterocycles. The normalized spacial score (nSPS) is 14.4. The molecule has 0 aliphatic rings. The number of hydrogen-bond acceptors (Lipinski definition) is 6. The lowest BCUT2D eigenvalue weighted by molar-refractivity contribution is 0.346. The number of rotatable bonds is 6. The number of para-hydroxylation sites is 1. The number of nitrogens with two attached hydrogens (primary N) is 1. The Morgan fingerprint density at radius 2 is 1.79 bits per heavy atom. The van der Waals surface area contributed by atoms with Gasteiger partial charge in [-0.25, -0.2) is 4.79 Å². The second-order valence-electron chi connectivity index (χ2n) is 7.18. The van der Waals surface area contributed by atoms with Crippen LogP contribution in [-0.2, 0) is 0 Å². The topological polar surface area (TPSA) is 92.1 Å². The van der Waals surface area contributed by atoms with Gasteiger partial charge in [-0.05, 0) is 38.7 Å². The highest BCUT2D eigenvalue weighted by Gasteiger charge is 2.33. The molecule has 0 aliphatic carbocycles. The van der Waals surface area contributed by atoms with Gasteiger partial charge in [0.25, 0.3) is 0 Å². The van der Waals surface area contributed by atoms with Crippen molar-refractivity contribution in [2.24, 2.45) is 16.9 Å². The third-order valence-electron chi connectivity index (χ3n) is 4.99. The molecule has 0 saturated carbocycles. The van der Waals surface area contributed by atoms with Crippen LogP contribution in [0, 0.1) is 5.92 Å². The number of benzene rings is 2. The molecule has 0 bridgehead atoms. The first kappa shape index (κ1) is 19.6. The van der Waals surface area contributed by atoms with Crippen LogP contribution < -0.4 is 11.5 Å². The maximum Gasteiger partial charge on any atom is 0.343 e. The summed E-state index contributed by atoms with van der Waals surface area (Å²) in [6.45, 7) is 2.43. The quantitative estimate of drug-likeness (QED) is 0.297. The van der Waals surface area contributed by atoms with Crippen molar-refractivity contribution in [3.8, 4) is 5.75 Å². The minimum Gasteiger partial charge on any atom is -0.507 e. The zero-order chi connectivity index (χ0) is 20.3. The fourth-order valence-electron chi connectivity index (χ4n) is 3.65. The molecule has 3 N–H and O–H groups in total. The molecule has 1 aromatic heterocycles. The van der Waals surface area contributed by atoms with Crippen molar-refractivity contribution in [3.05, 3.63) is 76.1 Å². The molecular formula is C22H25N3O3. The van der Waals surface area contributed by atoms with Gasteiger partial charge in [0.15, 0.2) is 0 Å². The van der Waals surface area contributed by atoms with Gasteiger partial charge < -0.3 is 20.3 Å². The maximum atomic E-state index is 13.0. The number of hydrazone groups is 1. The van der Waals surface area contributed by atoms with E-state index in [0.29, 0.717) is 23.2 Å². The largest absolute Gasteiger partial charge is 0.507 e. The van der Waals surface area contributed by atoms with E-state index in [2.05, 4.69) is 5.10 Å². The maximum absolute atomic E-state index is 13.0. The van der Waals surface area contributed by atoms with E-state index in [9.17, 15) is 9.90 Å². The number of nitrogens with zero attached hydrogens (tertiary/aromatic N) is 2. The van der Waals surface area contributed by atoms with E-state index in [-0.39, 0.29) is 17.2 Å². The zero-order valence-electron chi connectivity index (χ0n) is 16.3. The van der Waals surface area contributed by atoms with E-state index < -0.39 is 11.5 Å². The summed E-state index contributed by atoms with van der Waals surface area (Å²) in [6, 6.07) is 16.6. The highest BCUT2D eigenvalue weighted by Crippen LogP contribution is 2.39. The lowest BCUT2D eigenvalue weighted by atomic mass is 9.78.